The Kier molecular flexibility index (Phi) is 4.67. The fourth-order valence-electron chi connectivity index (χ4n) is 2.30. The van der Waals surface area contributed by atoms with Crippen LogP contribution in [0, 0.1) is 5.82 Å². The fraction of sp³-hybridized carbons (Fsp3) is 0.118. The molecule has 3 rings (SSSR count). The number of nitrogens with zero attached hydrogens (tertiary/aromatic N) is 1. The van der Waals surface area contributed by atoms with Gasteiger partial charge in [0.1, 0.15) is 0 Å². The highest BCUT2D eigenvalue weighted by atomic mass is 35.5. The molecule has 0 fully saturated rings. The number of hydrogen-bond donors (Lipinski definition) is 2. The van der Waals surface area contributed by atoms with Gasteiger partial charge in [0.25, 0.3) is 11.5 Å². The molecule has 2 N–H and O–H groups in total. The van der Waals surface area contributed by atoms with Crippen LogP contribution in [0.25, 0.3) is 10.9 Å². The Bertz CT molecular complexity index is 1020. The third-order valence-corrected chi connectivity index (χ3v) is 3.79. The van der Waals surface area contributed by atoms with Gasteiger partial charge >= 0.3 is 0 Å². The average Bonchev–Trinajstić information content (AvgIpc) is 2.61. The van der Waals surface area contributed by atoms with Gasteiger partial charge in [-0.2, -0.15) is 0 Å². The van der Waals surface area contributed by atoms with Gasteiger partial charge in [0.15, 0.2) is 17.4 Å². The summed E-state index contributed by atoms with van der Waals surface area (Å²) in [4.78, 5) is 30.8. The van der Waals surface area contributed by atoms with Crippen LogP contribution in [-0.4, -0.2) is 23.0 Å². The Morgan fingerprint density at radius 3 is 2.88 bits per heavy atom. The largest absolute Gasteiger partial charge is 0.494 e. The van der Waals surface area contributed by atoms with Gasteiger partial charge in [-0.05, 0) is 35.9 Å². The Morgan fingerprint density at radius 1 is 1.32 bits per heavy atom. The number of carbonyl (C=O) groups excluding carboxylic acids is 1. The molecule has 2 aromatic carbocycles. The lowest BCUT2D eigenvalue weighted by molar-refractivity contribution is 0.0940. The zero-order valence-electron chi connectivity index (χ0n) is 13.1. The van der Waals surface area contributed by atoms with E-state index in [-0.39, 0.29) is 18.1 Å². The van der Waals surface area contributed by atoms with Crippen LogP contribution >= 0.6 is 11.6 Å². The molecule has 0 unspecified atom stereocenters. The van der Waals surface area contributed by atoms with Crippen LogP contribution in [0.2, 0.25) is 5.02 Å². The first kappa shape index (κ1) is 16.9. The van der Waals surface area contributed by atoms with Crippen molar-refractivity contribution in [3.8, 4) is 5.75 Å². The number of nitrogens with one attached hydrogen (secondary N) is 2. The van der Waals surface area contributed by atoms with Crippen LogP contribution in [0.3, 0.4) is 0 Å². The van der Waals surface area contributed by atoms with Crippen LogP contribution in [0.5, 0.6) is 5.75 Å². The van der Waals surface area contributed by atoms with Crippen LogP contribution in [0.15, 0.2) is 41.2 Å². The minimum Gasteiger partial charge on any atom is -0.494 e. The van der Waals surface area contributed by atoms with Gasteiger partial charge in [0.05, 0.1) is 18.0 Å². The first-order chi connectivity index (χ1) is 12.0. The highest BCUT2D eigenvalue weighted by Gasteiger charge is 2.12. The molecule has 8 heteroatoms. The van der Waals surface area contributed by atoms with E-state index in [0.29, 0.717) is 21.5 Å². The summed E-state index contributed by atoms with van der Waals surface area (Å²) in [6, 6.07) is 8.89. The molecule has 3 aromatic rings. The van der Waals surface area contributed by atoms with E-state index in [2.05, 4.69) is 15.3 Å². The lowest BCUT2D eigenvalue weighted by Gasteiger charge is -2.08. The van der Waals surface area contributed by atoms with Crippen LogP contribution < -0.4 is 15.6 Å². The highest BCUT2D eigenvalue weighted by molar-refractivity contribution is 6.31. The molecule has 0 saturated carbocycles. The molecular formula is C17H13ClFN3O3. The molecule has 0 aliphatic rings. The number of H-pyrrole nitrogens is 1. The number of halogens is 2. The number of rotatable bonds is 4. The summed E-state index contributed by atoms with van der Waals surface area (Å²) in [5, 5.41) is 3.32. The van der Waals surface area contributed by atoms with E-state index in [1.165, 1.54) is 31.4 Å². The number of amides is 1. The second kappa shape index (κ2) is 6.90. The van der Waals surface area contributed by atoms with Gasteiger partial charge < -0.3 is 15.0 Å². The molecule has 0 atom stereocenters. The van der Waals surface area contributed by atoms with E-state index in [0.717, 1.165) is 0 Å². The summed E-state index contributed by atoms with van der Waals surface area (Å²) in [7, 11) is 1.36. The number of ether oxygens (including phenoxy) is 1. The van der Waals surface area contributed by atoms with Crippen molar-refractivity contribution >= 4 is 28.4 Å². The predicted octanol–water partition coefficient (Wildman–Crippen LogP) is 2.65. The van der Waals surface area contributed by atoms with Crippen LogP contribution in [0.1, 0.15) is 16.2 Å². The van der Waals surface area contributed by atoms with Crippen LogP contribution in [-0.2, 0) is 6.54 Å². The molecule has 0 aliphatic carbocycles. The summed E-state index contributed by atoms with van der Waals surface area (Å²) < 4.78 is 18.3. The third-order valence-electron chi connectivity index (χ3n) is 3.55. The second-order valence-corrected chi connectivity index (χ2v) is 5.66. The summed E-state index contributed by atoms with van der Waals surface area (Å²) >= 11 is 5.85. The number of aromatic amines is 1. The molecule has 25 heavy (non-hydrogen) atoms. The third kappa shape index (κ3) is 3.61. The minimum atomic E-state index is -0.558. The molecule has 1 aromatic heterocycles. The van der Waals surface area contributed by atoms with Crippen LogP contribution in [0.4, 0.5) is 4.39 Å². The van der Waals surface area contributed by atoms with Crippen molar-refractivity contribution < 1.29 is 13.9 Å². The van der Waals surface area contributed by atoms with Crippen molar-refractivity contribution in [1.82, 2.24) is 15.3 Å². The maximum Gasteiger partial charge on any atom is 0.287 e. The van der Waals surface area contributed by atoms with E-state index in [4.69, 9.17) is 16.3 Å². The highest BCUT2D eigenvalue weighted by Crippen LogP contribution is 2.18. The summed E-state index contributed by atoms with van der Waals surface area (Å²) in [5.41, 5.74) is 0.546. The van der Waals surface area contributed by atoms with E-state index in [1.807, 2.05) is 0 Å². The van der Waals surface area contributed by atoms with Gasteiger partial charge in [0, 0.05) is 11.6 Å². The number of carbonyl (C=O) groups is 1. The second-order valence-electron chi connectivity index (χ2n) is 5.23. The Balaban J connectivity index is 1.81. The van der Waals surface area contributed by atoms with Crippen molar-refractivity contribution in [1.29, 1.82) is 0 Å². The van der Waals surface area contributed by atoms with Gasteiger partial charge in [-0.3, -0.25) is 9.59 Å². The maximum atomic E-state index is 13.4. The molecular weight excluding hydrogens is 349 g/mol. The van der Waals surface area contributed by atoms with Gasteiger partial charge in [-0.25, -0.2) is 9.37 Å². The van der Waals surface area contributed by atoms with Gasteiger partial charge in [-0.15, -0.1) is 0 Å². The van der Waals surface area contributed by atoms with E-state index in [1.54, 1.807) is 12.1 Å². The molecule has 1 heterocycles. The monoisotopic (exact) mass is 361 g/mol. The Morgan fingerprint density at radius 2 is 2.12 bits per heavy atom. The van der Waals surface area contributed by atoms with E-state index >= 15 is 0 Å². The van der Waals surface area contributed by atoms with Gasteiger partial charge in [0.2, 0.25) is 0 Å². The van der Waals surface area contributed by atoms with Crippen molar-refractivity contribution in [3.05, 3.63) is 69.0 Å². The lowest BCUT2D eigenvalue weighted by Crippen LogP contribution is -2.27. The van der Waals surface area contributed by atoms with E-state index < -0.39 is 17.3 Å². The molecule has 0 radical (unpaired) electrons. The topological polar surface area (TPSA) is 84.1 Å². The summed E-state index contributed by atoms with van der Waals surface area (Å²) in [5.74, 6) is -1.08. The molecule has 0 spiro atoms. The van der Waals surface area contributed by atoms with Crippen molar-refractivity contribution in [2.24, 2.45) is 0 Å². The van der Waals surface area contributed by atoms with Crippen molar-refractivity contribution in [2.45, 2.75) is 6.54 Å². The maximum absolute atomic E-state index is 13.4. The predicted molar refractivity (Wildman–Crippen MR) is 91.5 cm³/mol. The molecule has 0 bridgehead atoms. The SMILES string of the molecule is COc1cc(CNC(=O)c2nc3ccc(Cl)cc3c(=O)[nH]2)ccc1F. The zero-order valence-corrected chi connectivity index (χ0v) is 13.9. The summed E-state index contributed by atoms with van der Waals surface area (Å²) in [6.07, 6.45) is 0. The fourth-order valence-corrected chi connectivity index (χ4v) is 2.47. The number of hydrogen-bond acceptors (Lipinski definition) is 4. The normalized spacial score (nSPS) is 10.7. The van der Waals surface area contributed by atoms with Crippen molar-refractivity contribution in [3.63, 3.8) is 0 Å². The van der Waals surface area contributed by atoms with E-state index in [9.17, 15) is 14.0 Å². The number of fused-ring (bicyclic) bond motifs is 1. The first-order valence-corrected chi connectivity index (χ1v) is 7.66. The first-order valence-electron chi connectivity index (χ1n) is 7.28. The van der Waals surface area contributed by atoms with Crippen molar-refractivity contribution in [2.75, 3.05) is 7.11 Å². The summed E-state index contributed by atoms with van der Waals surface area (Å²) in [6.45, 7) is 0.123. The number of benzene rings is 2. The lowest BCUT2D eigenvalue weighted by atomic mass is 10.2. The molecule has 1 amide bonds. The molecule has 0 saturated heterocycles. The smallest absolute Gasteiger partial charge is 0.287 e. The molecule has 0 aliphatic heterocycles. The quantitative estimate of drug-likeness (QED) is 0.748. The number of methoxy groups -OCH3 is 1. The standard InChI is InChI=1S/C17H13ClFN3O3/c1-25-14-6-9(2-4-12(14)19)8-20-17(24)15-21-13-5-3-10(18)7-11(13)16(23)22-15/h2-7H,8H2,1H3,(H,20,24)(H,21,22,23). The minimum absolute atomic E-state index is 0.0841. The number of aromatic nitrogens is 2. The average molecular weight is 362 g/mol. The Labute approximate surface area is 146 Å². The molecule has 128 valence electrons. The Hall–Kier alpha value is -2.93. The zero-order chi connectivity index (χ0) is 18.0. The van der Waals surface area contributed by atoms with Gasteiger partial charge in [-0.1, -0.05) is 17.7 Å². The molecule has 6 nitrogen and oxygen atoms in total.